The fourth-order valence-electron chi connectivity index (χ4n) is 1.13. The van der Waals surface area contributed by atoms with Crippen molar-refractivity contribution in [2.75, 3.05) is 0 Å². The summed E-state index contributed by atoms with van der Waals surface area (Å²) in [5.41, 5.74) is -0.745. The van der Waals surface area contributed by atoms with Gasteiger partial charge in [-0.3, -0.25) is 19.7 Å². The summed E-state index contributed by atoms with van der Waals surface area (Å²) in [7, 11) is 0. The molecule has 0 aliphatic rings. The first kappa shape index (κ1) is 15.0. The van der Waals surface area contributed by atoms with Gasteiger partial charge >= 0.3 is 5.69 Å². The Kier molecular flexibility index (Phi) is 4.15. The summed E-state index contributed by atoms with van der Waals surface area (Å²) >= 11 is 0. The highest BCUT2D eigenvalue weighted by molar-refractivity contribution is 5.94. The fourth-order valence-corrected chi connectivity index (χ4v) is 1.13. The van der Waals surface area contributed by atoms with Gasteiger partial charge in [0.15, 0.2) is 0 Å². The van der Waals surface area contributed by atoms with Crippen molar-refractivity contribution in [2.45, 2.75) is 26.4 Å². The first-order valence-corrected chi connectivity index (χ1v) is 5.23. The summed E-state index contributed by atoms with van der Waals surface area (Å²) < 4.78 is 26.8. The Morgan fingerprint density at radius 2 is 1.95 bits per heavy atom. The lowest BCUT2D eigenvalue weighted by Crippen LogP contribution is -2.34. The molecule has 0 aromatic heterocycles. The predicted octanol–water partition coefficient (Wildman–Crippen LogP) is 2.33. The van der Waals surface area contributed by atoms with Crippen LogP contribution in [0.5, 0.6) is 0 Å². The van der Waals surface area contributed by atoms with E-state index in [-0.39, 0.29) is 0 Å². The van der Waals surface area contributed by atoms with Gasteiger partial charge in [0.1, 0.15) is 5.82 Å². The molecule has 19 heavy (non-hydrogen) atoms. The van der Waals surface area contributed by atoms with Crippen LogP contribution in [0.2, 0.25) is 0 Å². The minimum Gasteiger partial charge on any atom is -0.268 e. The zero-order chi connectivity index (χ0) is 14.8. The van der Waals surface area contributed by atoms with Crippen molar-refractivity contribution in [3.63, 3.8) is 0 Å². The number of nitro benzene ring substituents is 1. The van der Waals surface area contributed by atoms with E-state index in [1.165, 1.54) is 0 Å². The van der Waals surface area contributed by atoms with Crippen LogP contribution in [0.4, 0.5) is 14.5 Å². The van der Waals surface area contributed by atoms with Crippen LogP contribution in [0.1, 0.15) is 31.1 Å². The first-order chi connectivity index (χ1) is 8.61. The smallest absolute Gasteiger partial charge is 0.268 e. The highest BCUT2D eigenvalue weighted by atomic mass is 19.1. The SMILES string of the molecule is CC(C)(C)ONC(=O)c1cc(F)cc([N+](=O)[O-])c1F. The van der Waals surface area contributed by atoms with Crippen LogP contribution in [0.25, 0.3) is 0 Å². The molecule has 104 valence electrons. The van der Waals surface area contributed by atoms with Crippen LogP contribution in [0.15, 0.2) is 12.1 Å². The summed E-state index contributed by atoms with van der Waals surface area (Å²) in [4.78, 5) is 25.8. The molecule has 0 radical (unpaired) electrons. The highest BCUT2D eigenvalue weighted by Gasteiger charge is 2.25. The number of amides is 1. The Balaban J connectivity index is 3.07. The monoisotopic (exact) mass is 274 g/mol. The number of hydrogen-bond acceptors (Lipinski definition) is 4. The number of benzene rings is 1. The van der Waals surface area contributed by atoms with Gasteiger partial charge in [-0.25, -0.2) is 9.87 Å². The standard InChI is InChI=1S/C11H12F2N2O4/c1-11(2,3)19-14-10(16)7-4-6(12)5-8(9(7)13)15(17)18/h4-5H,1-3H3,(H,14,16). The van der Waals surface area contributed by atoms with E-state index in [1.54, 1.807) is 20.8 Å². The molecule has 6 nitrogen and oxygen atoms in total. The zero-order valence-electron chi connectivity index (χ0n) is 10.5. The van der Waals surface area contributed by atoms with Crippen molar-refractivity contribution in [1.29, 1.82) is 0 Å². The Morgan fingerprint density at radius 3 is 2.42 bits per heavy atom. The van der Waals surface area contributed by atoms with Gasteiger partial charge in [-0.2, -0.15) is 4.39 Å². The lowest BCUT2D eigenvalue weighted by atomic mass is 10.1. The second-order valence-corrected chi connectivity index (χ2v) is 4.69. The molecule has 1 aromatic carbocycles. The maximum absolute atomic E-state index is 13.6. The molecular formula is C11H12F2N2O4. The van der Waals surface area contributed by atoms with Gasteiger partial charge in [-0.05, 0) is 26.8 Å². The Bertz CT molecular complexity index is 526. The lowest BCUT2D eigenvalue weighted by molar-refractivity contribution is -0.387. The van der Waals surface area contributed by atoms with Crippen LogP contribution in [-0.2, 0) is 4.84 Å². The summed E-state index contributed by atoms with van der Waals surface area (Å²) in [6, 6.07) is 0.959. The fraction of sp³-hybridized carbons (Fsp3) is 0.364. The van der Waals surface area contributed by atoms with Gasteiger partial charge in [0.2, 0.25) is 5.82 Å². The first-order valence-electron chi connectivity index (χ1n) is 5.23. The van der Waals surface area contributed by atoms with E-state index in [9.17, 15) is 23.7 Å². The number of carbonyl (C=O) groups is 1. The number of halogens is 2. The molecule has 0 fully saturated rings. The molecule has 0 bridgehead atoms. The van der Waals surface area contributed by atoms with E-state index in [4.69, 9.17) is 4.84 Å². The van der Waals surface area contributed by atoms with Crippen LogP contribution < -0.4 is 5.48 Å². The second kappa shape index (κ2) is 5.27. The minimum absolute atomic E-state index is 0.400. The number of rotatable bonds is 3. The predicted molar refractivity (Wildman–Crippen MR) is 61.3 cm³/mol. The maximum Gasteiger partial charge on any atom is 0.308 e. The molecule has 0 heterocycles. The summed E-state index contributed by atoms with van der Waals surface area (Å²) in [6.07, 6.45) is 0. The molecule has 1 N–H and O–H groups in total. The molecule has 0 saturated carbocycles. The third-order valence-electron chi connectivity index (χ3n) is 1.91. The number of nitro groups is 1. The summed E-state index contributed by atoms with van der Waals surface area (Å²) in [5, 5.41) is 10.5. The third-order valence-corrected chi connectivity index (χ3v) is 1.91. The molecule has 8 heteroatoms. The van der Waals surface area contributed by atoms with E-state index in [0.717, 1.165) is 0 Å². The largest absolute Gasteiger partial charge is 0.308 e. The van der Waals surface area contributed by atoms with Crippen molar-refractivity contribution in [1.82, 2.24) is 5.48 Å². The molecule has 0 saturated heterocycles. The zero-order valence-corrected chi connectivity index (χ0v) is 10.5. The Morgan fingerprint density at radius 1 is 1.37 bits per heavy atom. The van der Waals surface area contributed by atoms with Gasteiger partial charge < -0.3 is 0 Å². The summed E-state index contributed by atoms with van der Waals surface area (Å²) in [5.74, 6) is -3.61. The number of carbonyl (C=O) groups excluding carboxylic acids is 1. The van der Waals surface area contributed by atoms with Gasteiger partial charge in [0.05, 0.1) is 22.2 Å². The number of hydrogen-bond donors (Lipinski definition) is 1. The average molecular weight is 274 g/mol. The van der Waals surface area contributed by atoms with Crippen LogP contribution in [-0.4, -0.2) is 16.4 Å². The molecular weight excluding hydrogens is 262 g/mol. The third kappa shape index (κ3) is 3.95. The minimum atomic E-state index is -1.42. The van der Waals surface area contributed by atoms with Gasteiger partial charge in [0.25, 0.3) is 5.91 Å². The van der Waals surface area contributed by atoms with E-state index in [1.807, 2.05) is 5.48 Å². The molecule has 0 aliphatic heterocycles. The van der Waals surface area contributed by atoms with Crippen molar-refractivity contribution in [2.24, 2.45) is 0 Å². The molecule has 1 aromatic rings. The van der Waals surface area contributed by atoms with Gasteiger partial charge in [0, 0.05) is 0 Å². The maximum atomic E-state index is 13.6. The number of nitrogens with zero attached hydrogens (tertiary/aromatic N) is 1. The highest BCUT2D eigenvalue weighted by Crippen LogP contribution is 2.22. The van der Waals surface area contributed by atoms with Crippen LogP contribution in [0.3, 0.4) is 0 Å². The topological polar surface area (TPSA) is 81.5 Å². The molecule has 0 aliphatic carbocycles. The number of nitrogens with one attached hydrogen (secondary N) is 1. The molecule has 0 unspecified atom stereocenters. The van der Waals surface area contributed by atoms with Crippen molar-refractivity contribution in [3.8, 4) is 0 Å². The van der Waals surface area contributed by atoms with Crippen molar-refractivity contribution >= 4 is 11.6 Å². The molecule has 0 spiro atoms. The Hall–Kier alpha value is -2.09. The van der Waals surface area contributed by atoms with Crippen molar-refractivity contribution in [3.05, 3.63) is 39.4 Å². The normalized spacial score (nSPS) is 11.2. The van der Waals surface area contributed by atoms with E-state index in [0.29, 0.717) is 12.1 Å². The number of hydroxylamine groups is 1. The quantitative estimate of drug-likeness (QED) is 0.677. The van der Waals surface area contributed by atoms with E-state index < -0.39 is 39.3 Å². The van der Waals surface area contributed by atoms with Gasteiger partial charge in [-0.1, -0.05) is 0 Å². The second-order valence-electron chi connectivity index (χ2n) is 4.69. The summed E-state index contributed by atoms with van der Waals surface area (Å²) in [6.45, 7) is 4.87. The van der Waals surface area contributed by atoms with E-state index in [2.05, 4.69) is 0 Å². The van der Waals surface area contributed by atoms with Crippen LogP contribution >= 0.6 is 0 Å². The van der Waals surface area contributed by atoms with Gasteiger partial charge in [-0.15, -0.1) is 0 Å². The molecule has 0 atom stereocenters. The molecule has 1 rings (SSSR count). The van der Waals surface area contributed by atoms with Crippen molar-refractivity contribution < 1.29 is 23.3 Å². The Labute approximate surface area is 107 Å². The molecule has 1 amide bonds. The average Bonchev–Trinajstić information content (AvgIpc) is 2.27. The van der Waals surface area contributed by atoms with E-state index >= 15 is 0 Å². The lowest BCUT2D eigenvalue weighted by Gasteiger charge is -2.18. The van der Waals surface area contributed by atoms with Crippen LogP contribution in [0, 0.1) is 21.7 Å².